The van der Waals surface area contributed by atoms with Gasteiger partial charge in [0.05, 0.1) is 26.3 Å². The number of nitrogens with zero attached hydrogens (tertiary/aromatic N) is 1. The van der Waals surface area contributed by atoms with E-state index in [2.05, 4.69) is 0 Å². The second-order valence-electron chi connectivity index (χ2n) is 9.38. The number of aliphatic hydroxyl groups excluding tert-OH is 1. The second-order valence-corrected chi connectivity index (χ2v) is 9.38. The van der Waals surface area contributed by atoms with Gasteiger partial charge in [-0.3, -0.25) is 4.90 Å². The molecule has 0 fully saturated rings. The molecule has 0 radical (unpaired) electrons. The van der Waals surface area contributed by atoms with Crippen molar-refractivity contribution in [1.29, 1.82) is 0 Å². The molecule has 6 nitrogen and oxygen atoms in total. The highest BCUT2D eigenvalue weighted by Crippen LogP contribution is 2.25. The van der Waals surface area contributed by atoms with E-state index >= 15 is 0 Å². The third kappa shape index (κ3) is 8.04. The van der Waals surface area contributed by atoms with Crippen molar-refractivity contribution in [2.75, 3.05) is 13.7 Å². The molecule has 0 aromatic heterocycles. The Morgan fingerprint density at radius 1 is 0.914 bits per heavy atom. The summed E-state index contributed by atoms with van der Waals surface area (Å²) in [5.41, 5.74) is 2.20. The number of ether oxygens (including phenoxy) is 3. The van der Waals surface area contributed by atoms with Crippen molar-refractivity contribution in [2.45, 2.75) is 52.0 Å². The monoisotopic (exact) mass is 477 g/mol. The minimum Gasteiger partial charge on any atom is -0.497 e. The Balaban J connectivity index is 1.84. The molecule has 3 aromatic carbocycles. The fraction of sp³-hybridized carbons (Fsp3) is 0.345. The third-order valence-electron chi connectivity index (χ3n) is 5.46. The molecule has 0 heterocycles. The lowest BCUT2D eigenvalue weighted by atomic mass is 10.0. The molecule has 186 valence electrons. The third-order valence-corrected chi connectivity index (χ3v) is 5.46. The first-order valence-electron chi connectivity index (χ1n) is 11.8. The number of aliphatic hydroxyl groups is 1. The van der Waals surface area contributed by atoms with Crippen molar-refractivity contribution in [3.05, 3.63) is 95.6 Å². The van der Waals surface area contributed by atoms with Gasteiger partial charge in [-0.25, -0.2) is 4.79 Å². The number of amides is 1. The summed E-state index contributed by atoms with van der Waals surface area (Å²) < 4.78 is 17.1. The van der Waals surface area contributed by atoms with E-state index in [-0.39, 0.29) is 13.2 Å². The number of carbonyl (C=O) groups is 1. The topological polar surface area (TPSA) is 68.2 Å². The van der Waals surface area contributed by atoms with E-state index in [0.29, 0.717) is 18.8 Å². The molecule has 3 aromatic rings. The molecule has 6 heteroatoms. The normalized spacial score (nSPS) is 12.0. The van der Waals surface area contributed by atoms with Crippen molar-refractivity contribution in [3.63, 3.8) is 0 Å². The lowest BCUT2D eigenvalue weighted by Gasteiger charge is -2.33. The first kappa shape index (κ1) is 26.1. The van der Waals surface area contributed by atoms with Crippen molar-refractivity contribution >= 4 is 6.09 Å². The first-order valence-corrected chi connectivity index (χ1v) is 11.8. The highest BCUT2D eigenvalue weighted by molar-refractivity contribution is 5.69. The molecule has 1 amide bonds. The second kappa shape index (κ2) is 12.3. The Hall–Kier alpha value is -3.51. The highest BCUT2D eigenvalue weighted by atomic mass is 16.6. The lowest BCUT2D eigenvalue weighted by Crippen LogP contribution is -2.45. The molecule has 1 N–H and O–H groups in total. The van der Waals surface area contributed by atoms with E-state index in [1.165, 1.54) is 0 Å². The summed E-state index contributed by atoms with van der Waals surface area (Å²) >= 11 is 0. The molecule has 0 unspecified atom stereocenters. The van der Waals surface area contributed by atoms with E-state index in [1.807, 2.05) is 99.6 Å². The zero-order chi connectivity index (χ0) is 25.3. The maximum Gasteiger partial charge on any atom is 0.410 e. The molecular weight excluding hydrogens is 442 g/mol. The molecule has 0 saturated carbocycles. The fourth-order valence-corrected chi connectivity index (χ4v) is 3.66. The predicted molar refractivity (Wildman–Crippen MR) is 137 cm³/mol. The van der Waals surface area contributed by atoms with Crippen LogP contribution in [0.4, 0.5) is 4.79 Å². The molecule has 0 bridgehead atoms. The molecular formula is C29H35NO5. The van der Waals surface area contributed by atoms with Crippen LogP contribution in [0.25, 0.3) is 0 Å². The number of para-hydroxylation sites is 1. The van der Waals surface area contributed by atoms with Crippen LogP contribution >= 0.6 is 0 Å². The Labute approximate surface area is 208 Å². The lowest BCUT2D eigenvalue weighted by molar-refractivity contribution is 0.00677. The average molecular weight is 478 g/mol. The molecule has 0 saturated heterocycles. The molecule has 0 spiro atoms. The van der Waals surface area contributed by atoms with Crippen molar-refractivity contribution in [3.8, 4) is 11.5 Å². The van der Waals surface area contributed by atoms with Gasteiger partial charge in [-0.2, -0.15) is 0 Å². The molecule has 0 aliphatic heterocycles. The summed E-state index contributed by atoms with van der Waals surface area (Å²) in [4.78, 5) is 14.9. The summed E-state index contributed by atoms with van der Waals surface area (Å²) in [5, 5.41) is 10.3. The van der Waals surface area contributed by atoms with Crippen LogP contribution in [0.5, 0.6) is 11.5 Å². The smallest absolute Gasteiger partial charge is 0.410 e. The first-order chi connectivity index (χ1) is 16.8. The van der Waals surface area contributed by atoms with Gasteiger partial charge in [0.2, 0.25) is 0 Å². The maximum absolute atomic E-state index is 13.3. The van der Waals surface area contributed by atoms with Crippen LogP contribution in [0.1, 0.15) is 37.5 Å². The number of methoxy groups -OCH3 is 1. The van der Waals surface area contributed by atoms with Crippen LogP contribution in [0, 0.1) is 0 Å². The zero-order valence-corrected chi connectivity index (χ0v) is 20.9. The van der Waals surface area contributed by atoms with Crippen molar-refractivity contribution in [1.82, 2.24) is 4.90 Å². The van der Waals surface area contributed by atoms with E-state index in [1.54, 1.807) is 12.0 Å². The van der Waals surface area contributed by atoms with Crippen LogP contribution in [0.15, 0.2) is 78.9 Å². The molecule has 3 rings (SSSR count). The van der Waals surface area contributed by atoms with Gasteiger partial charge in [-0.05, 0) is 56.5 Å². The minimum atomic E-state index is -0.668. The van der Waals surface area contributed by atoms with E-state index in [0.717, 1.165) is 22.4 Å². The largest absolute Gasteiger partial charge is 0.497 e. The Morgan fingerprint density at radius 3 is 2.20 bits per heavy atom. The summed E-state index contributed by atoms with van der Waals surface area (Å²) in [7, 11) is 1.62. The highest BCUT2D eigenvalue weighted by Gasteiger charge is 2.29. The SMILES string of the molecule is COc1ccc(C[C@@H](CO)N(Cc2ccccc2OCc2ccccc2)C(=O)OC(C)(C)C)cc1. The van der Waals surface area contributed by atoms with Crippen molar-refractivity contribution in [2.24, 2.45) is 0 Å². The summed E-state index contributed by atoms with van der Waals surface area (Å²) in [6, 6.07) is 24.7. The maximum atomic E-state index is 13.3. The zero-order valence-electron chi connectivity index (χ0n) is 20.9. The van der Waals surface area contributed by atoms with Crippen LogP contribution in [-0.4, -0.2) is 41.5 Å². The van der Waals surface area contributed by atoms with Gasteiger partial charge in [0.15, 0.2) is 0 Å². The van der Waals surface area contributed by atoms with Crippen LogP contribution in [-0.2, 0) is 24.3 Å². The van der Waals surface area contributed by atoms with Gasteiger partial charge in [0.25, 0.3) is 0 Å². The summed E-state index contributed by atoms with van der Waals surface area (Å²) in [5.74, 6) is 1.44. The van der Waals surface area contributed by atoms with Gasteiger partial charge in [-0.1, -0.05) is 60.7 Å². The summed E-state index contributed by atoms with van der Waals surface area (Å²) in [6.45, 7) is 5.94. The van der Waals surface area contributed by atoms with Crippen LogP contribution in [0.3, 0.4) is 0 Å². The number of benzene rings is 3. The van der Waals surface area contributed by atoms with Gasteiger partial charge in [0.1, 0.15) is 23.7 Å². The van der Waals surface area contributed by atoms with Crippen molar-refractivity contribution < 1.29 is 24.1 Å². The van der Waals surface area contributed by atoms with Gasteiger partial charge in [-0.15, -0.1) is 0 Å². The number of hydrogen-bond donors (Lipinski definition) is 1. The predicted octanol–water partition coefficient (Wildman–Crippen LogP) is 5.61. The minimum absolute atomic E-state index is 0.210. The van der Waals surface area contributed by atoms with Crippen LogP contribution < -0.4 is 9.47 Å². The fourth-order valence-electron chi connectivity index (χ4n) is 3.66. The summed E-state index contributed by atoms with van der Waals surface area (Å²) in [6.07, 6.45) is -0.0183. The quantitative estimate of drug-likeness (QED) is 0.411. The molecule has 35 heavy (non-hydrogen) atoms. The number of rotatable bonds is 10. The Bertz CT molecular complexity index is 1060. The Kier molecular flexibility index (Phi) is 9.15. The molecule has 1 atom stereocenters. The van der Waals surface area contributed by atoms with E-state index < -0.39 is 17.7 Å². The van der Waals surface area contributed by atoms with Gasteiger partial charge < -0.3 is 19.3 Å². The molecule has 0 aliphatic rings. The van der Waals surface area contributed by atoms with Gasteiger partial charge >= 0.3 is 6.09 Å². The van der Waals surface area contributed by atoms with Gasteiger partial charge in [0, 0.05) is 5.56 Å². The van der Waals surface area contributed by atoms with Crippen LogP contribution in [0.2, 0.25) is 0 Å². The van der Waals surface area contributed by atoms with E-state index in [9.17, 15) is 9.90 Å². The average Bonchev–Trinajstić information content (AvgIpc) is 2.85. The number of hydrogen-bond acceptors (Lipinski definition) is 5. The number of carbonyl (C=O) groups excluding carboxylic acids is 1. The Morgan fingerprint density at radius 2 is 1.57 bits per heavy atom. The molecule has 0 aliphatic carbocycles. The van der Waals surface area contributed by atoms with E-state index in [4.69, 9.17) is 14.2 Å². The standard InChI is InChI=1S/C29H35NO5/c1-29(2,3)35-28(32)30(25(20-31)18-22-14-16-26(33-4)17-15-22)19-24-12-8-9-13-27(24)34-21-23-10-6-5-7-11-23/h5-17,25,31H,18-21H2,1-4H3/t25-/m0/s1.